The number of ether oxygens (including phenoxy) is 1. The molecule has 1 N–H and O–H groups in total. The van der Waals surface area contributed by atoms with E-state index < -0.39 is 0 Å². The Hall–Kier alpha value is -0.710. The molecule has 0 bridgehead atoms. The molecule has 0 aliphatic heterocycles. The van der Waals surface area contributed by atoms with Gasteiger partial charge in [0.2, 0.25) is 5.91 Å². The van der Waals surface area contributed by atoms with Gasteiger partial charge in [-0.3, -0.25) is 9.59 Å². The van der Waals surface area contributed by atoms with Crippen LogP contribution in [0.4, 0.5) is 0 Å². The molecular formula is C15H27NO3S. The Bertz CT molecular complexity index is 309. The summed E-state index contributed by atoms with van der Waals surface area (Å²) < 4.78 is 4.81. The Morgan fingerprint density at radius 1 is 1.10 bits per heavy atom. The van der Waals surface area contributed by atoms with Gasteiger partial charge in [0.1, 0.15) is 0 Å². The lowest BCUT2D eigenvalue weighted by Gasteiger charge is -2.28. The van der Waals surface area contributed by atoms with E-state index in [1.54, 1.807) is 0 Å². The summed E-state index contributed by atoms with van der Waals surface area (Å²) in [6, 6.07) is 0. The van der Waals surface area contributed by atoms with Crippen molar-refractivity contribution in [3.05, 3.63) is 0 Å². The summed E-state index contributed by atoms with van der Waals surface area (Å²) in [5, 5.41) is 2.97. The number of amides is 1. The summed E-state index contributed by atoms with van der Waals surface area (Å²) in [5.74, 6) is 0.259. The molecular weight excluding hydrogens is 274 g/mol. The van der Waals surface area contributed by atoms with Gasteiger partial charge in [-0.2, -0.15) is 12.6 Å². The van der Waals surface area contributed by atoms with Crippen LogP contribution in [-0.4, -0.2) is 31.3 Å². The third-order valence-electron chi connectivity index (χ3n) is 3.99. The van der Waals surface area contributed by atoms with Gasteiger partial charge in [0.15, 0.2) is 0 Å². The Balaban J connectivity index is 2.30. The Labute approximate surface area is 127 Å². The van der Waals surface area contributed by atoms with Gasteiger partial charge in [-0.1, -0.05) is 25.7 Å². The average Bonchev–Trinajstić information content (AvgIpc) is 2.49. The molecule has 0 heterocycles. The topological polar surface area (TPSA) is 55.4 Å². The Morgan fingerprint density at radius 3 is 2.40 bits per heavy atom. The molecule has 1 fully saturated rings. The molecule has 1 aliphatic carbocycles. The molecule has 0 aromatic heterocycles. The fourth-order valence-electron chi connectivity index (χ4n) is 2.81. The second-order valence-corrected chi connectivity index (χ2v) is 5.90. The van der Waals surface area contributed by atoms with Crippen molar-refractivity contribution in [1.29, 1.82) is 0 Å². The van der Waals surface area contributed by atoms with Gasteiger partial charge in [-0.25, -0.2) is 0 Å². The minimum absolute atomic E-state index is 0.0225. The number of rotatable bonds is 8. The van der Waals surface area contributed by atoms with Crippen molar-refractivity contribution in [2.75, 3.05) is 19.4 Å². The van der Waals surface area contributed by atoms with Crippen LogP contribution >= 0.6 is 12.6 Å². The van der Waals surface area contributed by atoms with Crippen LogP contribution in [0.1, 0.15) is 51.4 Å². The van der Waals surface area contributed by atoms with E-state index in [2.05, 4.69) is 17.9 Å². The van der Waals surface area contributed by atoms with Crippen LogP contribution in [0.25, 0.3) is 0 Å². The first-order valence-corrected chi connectivity index (χ1v) is 8.30. The molecule has 0 aromatic rings. The van der Waals surface area contributed by atoms with Gasteiger partial charge in [0.25, 0.3) is 0 Å². The van der Waals surface area contributed by atoms with Gasteiger partial charge >= 0.3 is 5.97 Å². The second kappa shape index (κ2) is 10.1. The second-order valence-electron chi connectivity index (χ2n) is 5.45. The van der Waals surface area contributed by atoms with E-state index >= 15 is 0 Å². The largest absolute Gasteiger partial charge is 0.469 e. The highest BCUT2D eigenvalue weighted by atomic mass is 32.1. The van der Waals surface area contributed by atoms with Gasteiger partial charge in [-0.05, 0) is 31.4 Å². The number of unbranched alkanes of at least 4 members (excludes halogenated alkanes) is 3. The van der Waals surface area contributed by atoms with Crippen LogP contribution in [-0.2, 0) is 14.3 Å². The van der Waals surface area contributed by atoms with Gasteiger partial charge in [0.05, 0.1) is 18.9 Å². The normalized spacial score (nSPS) is 22.3. The van der Waals surface area contributed by atoms with Crippen LogP contribution in [0.15, 0.2) is 0 Å². The van der Waals surface area contributed by atoms with Gasteiger partial charge < -0.3 is 10.1 Å². The monoisotopic (exact) mass is 301 g/mol. The summed E-state index contributed by atoms with van der Waals surface area (Å²) >= 11 is 4.17. The number of carbonyl (C=O) groups excluding carboxylic acids is 2. The highest BCUT2D eigenvalue weighted by Crippen LogP contribution is 2.31. The van der Waals surface area contributed by atoms with E-state index in [1.807, 2.05) is 0 Å². The number of nitrogens with one attached hydrogen (secondary N) is 1. The third-order valence-corrected chi connectivity index (χ3v) is 4.31. The Morgan fingerprint density at radius 2 is 1.75 bits per heavy atom. The van der Waals surface area contributed by atoms with Crippen molar-refractivity contribution in [3.63, 3.8) is 0 Å². The minimum atomic E-state index is -0.252. The molecule has 0 aromatic carbocycles. The number of methoxy groups -OCH3 is 1. The first kappa shape index (κ1) is 17.3. The molecule has 5 heteroatoms. The van der Waals surface area contributed by atoms with Crippen molar-refractivity contribution in [3.8, 4) is 0 Å². The first-order valence-electron chi connectivity index (χ1n) is 7.67. The van der Waals surface area contributed by atoms with Crippen LogP contribution in [0.3, 0.4) is 0 Å². The molecule has 1 rings (SSSR count). The summed E-state index contributed by atoms with van der Waals surface area (Å²) in [7, 11) is 1.40. The average molecular weight is 301 g/mol. The van der Waals surface area contributed by atoms with Crippen LogP contribution in [0, 0.1) is 11.8 Å². The summed E-state index contributed by atoms with van der Waals surface area (Å²) in [4.78, 5) is 23.9. The van der Waals surface area contributed by atoms with Gasteiger partial charge in [-0.15, -0.1) is 0 Å². The van der Waals surface area contributed by atoms with Crippen LogP contribution in [0.5, 0.6) is 0 Å². The van der Waals surface area contributed by atoms with Crippen LogP contribution < -0.4 is 5.32 Å². The quantitative estimate of drug-likeness (QED) is 0.411. The number of esters is 1. The van der Waals surface area contributed by atoms with Crippen molar-refractivity contribution in [1.82, 2.24) is 5.32 Å². The fourth-order valence-corrected chi connectivity index (χ4v) is 3.03. The molecule has 2 atom stereocenters. The lowest BCUT2D eigenvalue weighted by molar-refractivity contribution is -0.152. The summed E-state index contributed by atoms with van der Waals surface area (Å²) in [6.45, 7) is 0.704. The SMILES string of the molecule is COC(=O)[C@H]1CCCC[C@H]1C(=O)NCCCCCCS. The van der Waals surface area contributed by atoms with E-state index in [9.17, 15) is 9.59 Å². The summed E-state index contributed by atoms with van der Waals surface area (Å²) in [5.41, 5.74) is 0. The third kappa shape index (κ3) is 5.73. The zero-order valence-corrected chi connectivity index (χ0v) is 13.3. The fraction of sp³-hybridized carbons (Fsp3) is 0.867. The smallest absolute Gasteiger partial charge is 0.309 e. The lowest BCUT2D eigenvalue weighted by Crippen LogP contribution is -2.40. The highest BCUT2D eigenvalue weighted by molar-refractivity contribution is 7.80. The minimum Gasteiger partial charge on any atom is -0.469 e. The van der Waals surface area contributed by atoms with E-state index in [-0.39, 0.29) is 23.7 Å². The van der Waals surface area contributed by atoms with Crippen molar-refractivity contribution < 1.29 is 14.3 Å². The maximum Gasteiger partial charge on any atom is 0.309 e. The first-order chi connectivity index (χ1) is 9.70. The molecule has 0 spiro atoms. The predicted molar refractivity (Wildman–Crippen MR) is 82.8 cm³/mol. The Kier molecular flexibility index (Phi) is 8.74. The zero-order valence-electron chi connectivity index (χ0n) is 12.4. The molecule has 0 saturated heterocycles. The molecule has 0 unspecified atom stereocenters. The maximum atomic E-state index is 12.2. The molecule has 1 saturated carbocycles. The predicted octanol–water partition coefficient (Wildman–Crippen LogP) is 2.57. The number of thiol groups is 1. The zero-order chi connectivity index (χ0) is 14.8. The standard InChI is InChI=1S/C15H27NO3S/c1-19-15(18)13-9-5-4-8-12(13)14(17)16-10-6-2-3-7-11-20/h12-13,20H,2-11H2,1H3,(H,16,17)/t12-,13+/m1/s1. The van der Waals surface area contributed by atoms with E-state index in [0.717, 1.165) is 57.1 Å². The van der Waals surface area contributed by atoms with E-state index in [0.29, 0.717) is 6.54 Å². The highest BCUT2D eigenvalue weighted by Gasteiger charge is 2.36. The number of hydrogen-bond donors (Lipinski definition) is 2. The molecule has 1 amide bonds. The van der Waals surface area contributed by atoms with E-state index in [1.165, 1.54) is 7.11 Å². The van der Waals surface area contributed by atoms with Crippen molar-refractivity contribution >= 4 is 24.5 Å². The lowest BCUT2D eigenvalue weighted by atomic mass is 9.78. The molecule has 20 heavy (non-hydrogen) atoms. The van der Waals surface area contributed by atoms with Crippen molar-refractivity contribution in [2.45, 2.75) is 51.4 Å². The van der Waals surface area contributed by atoms with Gasteiger partial charge in [0, 0.05) is 6.54 Å². The molecule has 1 aliphatic rings. The van der Waals surface area contributed by atoms with Crippen LogP contribution in [0.2, 0.25) is 0 Å². The number of hydrogen-bond acceptors (Lipinski definition) is 4. The van der Waals surface area contributed by atoms with E-state index in [4.69, 9.17) is 4.74 Å². The maximum absolute atomic E-state index is 12.2. The molecule has 116 valence electrons. The molecule has 4 nitrogen and oxygen atoms in total. The summed E-state index contributed by atoms with van der Waals surface area (Å²) in [6.07, 6.45) is 8.00. The number of carbonyl (C=O) groups is 2. The van der Waals surface area contributed by atoms with Crippen molar-refractivity contribution in [2.24, 2.45) is 11.8 Å². The molecule has 0 radical (unpaired) electrons.